The number of nitrogens with one attached hydrogen (secondary N) is 1. The van der Waals surface area contributed by atoms with Crippen molar-refractivity contribution >= 4 is 11.4 Å². The largest absolute Gasteiger partial charge is 0.377 e. The molecule has 0 amide bonds. The summed E-state index contributed by atoms with van der Waals surface area (Å²) in [4.78, 5) is 11.9. The average Bonchev–Trinajstić information content (AvgIpc) is 2.37. The van der Waals surface area contributed by atoms with E-state index < -0.39 is 22.2 Å². The molecule has 1 aliphatic heterocycles. The molecule has 1 heterocycles. The number of non-ortho nitro benzene ring substituents is 1. The van der Waals surface area contributed by atoms with Crippen LogP contribution in [0.1, 0.15) is 19.8 Å². The molecule has 110 valence electrons. The zero-order valence-electron chi connectivity index (χ0n) is 11.4. The van der Waals surface area contributed by atoms with Crippen molar-refractivity contribution in [3.63, 3.8) is 0 Å². The van der Waals surface area contributed by atoms with Crippen molar-refractivity contribution in [3.05, 3.63) is 33.9 Å². The van der Waals surface area contributed by atoms with E-state index in [4.69, 9.17) is 0 Å². The Balaban J connectivity index is 2.16. The predicted octanol–water partition coefficient (Wildman–Crippen LogP) is 2.77. The quantitative estimate of drug-likeness (QED) is 0.685. The van der Waals surface area contributed by atoms with Crippen LogP contribution in [0, 0.1) is 21.7 Å². The molecule has 0 saturated carbocycles. The van der Waals surface area contributed by atoms with Gasteiger partial charge in [-0.1, -0.05) is 0 Å². The molecule has 2 atom stereocenters. The first-order valence-corrected chi connectivity index (χ1v) is 6.48. The zero-order chi connectivity index (χ0) is 14.9. The minimum atomic E-state index is -0.928. The number of nitro groups is 1. The minimum Gasteiger partial charge on any atom is -0.377 e. The summed E-state index contributed by atoms with van der Waals surface area (Å²) in [6, 6.07) is 1.77. The first-order valence-electron chi connectivity index (χ1n) is 6.48. The summed E-state index contributed by atoms with van der Waals surface area (Å²) in [5.41, 5.74) is -0.861. The normalized spacial score (nSPS) is 23.6. The van der Waals surface area contributed by atoms with Crippen LogP contribution in [0.15, 0.2) is 12.1 Å². The highest BCUT2D eigenvalue weighted by atomic mass is 19.1. The van der Waals surface area contributed by atoms with Gasteiger partial charge in [-0.15, -0.1) is 0 Å². The second kappa shape index (κ2) is 5.70. The Labute approximate surface area is 115 Å². The van der Waals surface area contributed by atoms with Crippen molar-refractivity contribution in [1.29, 1.82) is 0 Å². The van der Waals surface area contributed by atoms with Gasteiger partial charge in [0.05, 0.1) is 17.1 Å². The smallest absolute Gasteiger partial charge is 0.275 e. The van der Waals surface area contributed by atoms with Crippen molar-refractivity contribution in [2.45, 2.75) is 31.8 Å². The van der Waals surface area contributed by atoms with Gasteiger partial charge < -0.3 is 10.2 Å². The molecular formula is C13H17F2N3O2. The van der Waals surface area contributed by atoms with Gasteiger partial charge in [-0.3, -0.25) is 10.1 Å². The first-order chi connectivity index (χ1) is 9.38. The average molecular weight is 285 g/mol. The molecule has 1 aromatic carbocycles. The van der Waals surface area contributed by atoms with Crippen molar-refractivity contribution in [3.8, 4) is 0 Å². The van der Waals surface area contributed by atoms with Gasteiger partial charge in [0, 0.05) is 18.6 Å². The number of benzene rings is 1. The van der Waals surface area contributed by atoms with Gasteiger partial charge in [0.25, 0.3) is 5.69 Å². The number of nitro benzene ring substituents is 1. The second-order valence-corrected chi connectivity index (χ2v) is 5.24. The monoisotopic (exact) mass is 285 g/mol. The molecule has 0 bridgehead atoms. The summed E-state index contributed by atoms with van der Waals surface area (Å²) in [5, 5.41) is 13.4. The molecular weight excluding hydrogens is 268 g/mol. The van der Waals surface area contributed by atoms with Crippen molar-refractivity contribution in [2.24, 2.45) is 0 Å². The molecule has 2 rings (SSSR count). The first kappa shape index (κ1) is 14.6. The fourth-order valence-corrected chi connectivity index (χ4v) is 2.43. The number of likely N-dealkylation sites (tertiary alicyclic amines) is 1. The zero-order valence-corrected chi connectivity index (χ0v) is 11.4. The summed E-state index contributed by atoms with van der Waals surface area (Å²) >= 11 is 0. The molecule has 1 aliphatic rings. The number of rotatable bonds is 3. The molecule has 1 N–H and O–H groups in total. The van der Waals surface area contributed by atoms with E-state index in [9.17, 15) is 18.9 Å². The maximum absolute atomic E-state index is 13.8. The highest BCUT2D eigenvalue weighted by Gasteiger charge is 2.25. The number of anilines is 1. The van der Waals surface area contributed by atoms with Crippen LogP contribution in [0.2, 0.25) is 0 Å². The highest BCUT2D eigenvalue weighted by Crippen LogP contribution is 2.27. The Bertz CT molecular complexity index is 501. The van der Waals surface area contributed by atoms with E-state index in [-0.39, 0.29) is 11.7 Å². The maximum atomic E-state index is 13.8. The lowest BCUT2D eigenvalue weighted by atomic mass is 9.98. The van der Waals surface area contributed by atoms with Gasteiger partial charge in [-0.2, -0.15) is 0 Å². The summed E-state index contributed by atoms with van der Waals surface area (Å²) in [7, 11) is 2.01. The predicted molar refractivity (Wildman–Crippen MR) is 71.7 cm³/mol. The fraction of sp³-hybridized carbons (Fsp3) is 0.538. The highest BCUT2D eigenvalue weighted by molar-refractivity contribution is 5.52. The SMILES string of the molecule is CC1CC(Nc2c(F)cc([N+](=O)[O-])cc2F)CCN1C. The third-order valence-electron chi connectivity index (χ3n) is 3.79. The van der Waals surface area contributed by atoms with Gasteiger partial charge in [-0.05, 0) is 26.8 Å². The van der Waals surface area contributed by atoms with Crippen LogP contribution in [-0.2, 0) is 0 Å². The van der Waals surface area contributed by atoms with Crippen LogP contribution in [0.4, 0.5) is 20.2 Å². The molecule has 0 radical (unpaired) electrons. The third-order valence-corrected chi connectivity index (χ3v) is 3.79. The Morgan fingerprint density at radius 3 is 2.50 bits per heavy atom. The molecule has 2 unspecified atom stereocenters. The Morgan fingerprint density at radius 1 is 1.40 bits per heavy atom. The van der Waals surface area contributed by atoms with Crippen molar-refractivity contribution < 1.29 is 13.7 Å². The van der Waals surface area contributed by atoms with Gasteiger partial charge in [0.1, 0.15) is 5.69 Å². The fourth-order valence-electron chi connectivity index (χ4n) is 2.43. The van der Waals surface area contributed by atoms with E-state index in [2.05, 4.69) is 17.1 Å². The molecule has 0 aromatic heterocycles. The lowest BCUT2D eigenvalue weighted by Gasteiger charge is -2.35. The maximum Gasteiger partial charge on any atom is 0.275 e. The van der Waals surface area contributed by atoms with Gasteiger partial charge in [-0.25, -0.2) is 8.78 Å². The van der Waals surface area contributed by atoms with Crippen LogP contribution >= 0.6 is 0 Å². The van der Waals surface area contributed by atoms with Crippen molar-refractivity contribution in [2.75, 3.05) is 18.9 Å². The minimum absolute atomic E-state index is 0.0355. The second-order valence-electron chi connectivity index (χ2n) is 5.24. The molecule has 0 aliphatic carbocycles. The summed E-state index contributed by atoms with van der Waals surface area (Å²) in [6.45, 7) is 2.89. The van der Waals surface area contributed by atoms with Crippen LogP contribution in [0.3, 0.4) is 0 Å². The van der Waals surface area contributed by atoms with E-state index in [0.29, 0.717) is 6.04 Å². The summed E-state index contributed by atoms with van der Waals surface area (Å²) in [6.07, 6.45) is 1.54. The molecule has 5 nitrogen and oxygen atoms in total. The third kappa shape index (κ3) is 3.04. The van der Waals surface area contributed by atoms with Crippen LogP contribution in [-0.4, -0.2) is 35.5 Å². The molecule has 1 saturated heterocycles. The van der Waals surface area contributed by atoms with E-state index in [0.717, 1.165) is 31.5 Å². The Hall–Kier alpha value is -1.76. The molecule has 1 fully saturated rings. The lowest BCUT2D eigenvalue weighted by molar-refractivity contribution is -0.385. The van der Waals surface area contributed by atoms with E-state index in [1.165, 1.54) is 0 Å². The van der Waals surface area contributed by atoms with Gasteiger partial charge >= 0.3 is 0 Å². The number of hydrogen-bond donors (Lipinski definition) is 1. The molecule has 1 aromatic rings. The topological polar surface area (TPSA) is 58.4 Å². The van der Waals surface area contributed by atoms with Gasteiger partial charge in [0.15, 0.2) is 11.6 Å². The number of hydrogen-bond acceptors (Lipinski definition) is 4. The van der Waals surface area contributed by atoms with Gasteiger partial charge in [0.2, 0.25) is 0 Å². The van der Waals surface area contributed by atoms with Crippen LogP contribution in [0.25, 0.3) is 0 Å². The number of halogens is 2. The van der Waals surface area contributed by atoms with Crippen LogP contribution in [0.5, 0.6) is 0 Å². The van der Waals surface area contributed by atoms with E-state index in [1.807, 2.05) is 7.05 Å². The number of piperidine rings is 1. The Kier molecular flexibility index (Phi) is 4.17. The Morgan fingerprint density at radius 2 is 2.00 bits per heavy atom. The van der Waals surface area contributed by atoms with Crippen LogP contribution < -0.4 is 5.32 Å². The van der Waals surface area contributed by atoms with E-state index >= 15 is 0 Å². The molecule has 20 heavy (non-hydrogen) atoms. The molecule has 7 heteroatoms. The summed E-state index contributed by atoms with van der Waals surface area (Å²) < 4.78 is 27.6. The lowest BCUT2D eigenvalue weighted by Crippen LogP contribution is -2.42. The molecule has 0 spiro atoms. The summed E-state index contributed by atoms with van der Waals surface area (Å²) in [5.74, 6) is -1.86. The number of nitrogens with zero attached hydrogens (tertiary/aromatic N) is 2. The van der Waals surface area contributed by atoms with E-state index in [1.54, 1.807) is 0 Å². The standard InChI is InChI=1S/C13H17F2N3O2/c1-8-5-9(3-4-17(8)2)16-13-11(14)6-10(18(19)20)7-12(13)15/h6-9,16H,3-5H2,1-2H3. The van der Waals surface area contributed by atoms with Crippen molar-refractivity contribution in [1.82, 2.24) is 4.90 Å².